The molecule has 1 atom stereocenters. The number of piperazine rings is 1. The number of amides is 1. The number of fused-ring (bicyclic) bond motifs is 2. The topological polar surface area (TPSA) is 70.9 Å². The highest BCUT2D eigenvalue weighted by atomic mass is 16.5. The molecule has 4 heterocycles. The smallest absolute Gasteiger partial charge is 0.255 e. The van der Waals surface area contributed by atoms with E-state index in [0.717, 1.165) is 55.1 Å². The van der Waals surface area contributed by atoms with E-state index in [1.165, 1.54) is 5.69 Å². The Morgan fingerprint density at radius 1 is 1.24 bits per heavy atom. The normalized spacial score (nSPS) is 18.9. The van der Waals surface area contributed by atoms with E-state index in [2.05, 4.69) is 38.8 Å². The number of carbonyl (C=O) groups excluding carboxylic acids is 1. The van der Waals surface area contributed by atoms with Crippen LogP contribution in [-0.2, 0) is 6.42 Å². The molecular weight excluding hydrogens is 366 g/mol. The van der Waals surface area contributed by atoms with Gasteiger partial charge in [-0.2, -0.15) is 5.10 Å². The van der Waals surface area contributed by atoms with Gasteiger partial charge >= 0.3 is 0 Å². The number of hydrogen-bond donors (Lipinski definition) is 2. The quantitative estimate of drug-likeness (QED) is 0.712. The van der Waals surface area contributed by atoms with Gasteiger partial charge in [0, 0.05) is 43.6 Å². The average Bonchev–Trinajstić information content (AvgIpc) is 3.20. The molecule has 150 valence electrons. The molecule has 0 bridgehead atoms. The molecule has 0 saturated carbocycles. The lowest BCUT2D eigenvalue weighted by Crippen LogP contribution is -2.44. The average molecular weight is 391 g/mol. The van der Waals surface area contributed by atoms with E-state index in [-0.39, 0.29) is 11.9 Å². The first kappa shape index (κ1) is 18.0. The molecule has 2 aliphatic rings. The second kappa shape index (κ2) is 7.40. The van der Waals surface area contributed by atoms with E-state index in [4.69, 9.17) is 4.74 Å². The van der Waals surface area contributed by atoms with Gasteiger partial charge in [0.15, 0.2) is 0 Å². The molecule has 1 aromatic carbocycles. The van der Waals surface area contributed by atoms with Gasteiger partial charge in [0.05, 0.1) is 23.3 Å². The molecule has 3 aromatic rings. The second-order valence-corrected chi connectivity index (χ2v) is 7.74. The summed E-state index contributed by atoms with van der Waals surface area (Å²) < 4.78 is 7.81. The van der Waals surface area contributed by atoms with E-state index in [1.807, 2.05) is 25.1 Å². The van der Waals surface area contributed by atoms with Crippen molar-refractivity contribution in [2.45, 2.75) is 19.4 Å². The minimum Gasteiger partial charge on any atom is -0.491 e. The maximum Gasteiger partial charge on any atom is 0.255 e. The van der Waals surface area contributed by atoms with Crippen LogP contribution in [0.15, 0.2) is 42.6 Å². The molecular formula is C22H25N5O2. The highest BCUT2D eigenvalue weighted by molar-refractivity contribution is 6.00. The first-order valence-corrected chi connectivity index (χ1v) is 10.1. The zero-order valence-electron chi connectivity index (χ0n) is 16.5. The summed E-state index contributed by atoms with van der Waals surface area (Å²) in [6, 6.07) is 12.2. The van der Waals surface area contributed by atoms with Crippen LogP contribution in [0.2, 0.25) is 0 Å². The van der Waals surface area contributed by atoms with E-state index in [9.17, 15) is 4.79 Å². The van der Waals surface area contributed by atoms with Crippen LogP contribution in [0.25, 0.3) is 5.52 Å². The molecule has 1 fully saturated rings. The van der Waals surface area contributed by atoms with Gasteiger partial charge in [0.2, 0.25) is 0 Å². The largest absolute Gasteiger partial charge is 0.491 e. The molecule has 0 spiro atoms. The Balaban J connectivity index is 1.29. The van der Waals surface area contributed by atoms with E-state index < -0.39 is 0 Å². The highest BCUT2D eigenvalue weighted by Crippen LogP contribution is 2.30. The van der Waals surface area contributed by atoms with Crippen LogP contribution in [0, 0.1) is 6.92 Å². The molecule has 7 heteroatoms. The maximum absolute atomic E-state index is 12.8. The summed E-state index contributed by atoms with van der Waals surface area (Å²) in [7, 11) is 0. The monoisotopic (exact) mass is 391 g/mol. The van der Waals surface area contributed by atoms with E-state index >= 15 is 0 Å². The van der Waals surface area contributed by atoms with Gasteiger partial charge in [0.25, 0.3) is 5.91 Å². The first-order valence-electron chi connectivity index (χ1n) is 10.1. The number of aryl methyl sites for hydroxylation is 1. The highest BCUT2D eigenvalue weighted by Gasteiger charge is 2.24. The fraction of sp³-hybridized carbons (Fsp3) is 0.364. The first-order chi connectivity index (χ1) is 14.2. The van der Waals surface area contributed by atoms with Crippen molar-refractivity contribution in [2.75, 3.05) is 37.7 Å². The number of nitrogens with zero attached hydrogens (tertiary/aromatic N) is 3. The number of carbonyl (C=O) groups is 1. The van der Waals surface area contributed by atoms with Crippen molar-refractivity contribution in [3.63, 3.8) is 0 Å². The molecule has 5 rings (SSSR count). The third kappa shape index (κ3) is 3.42. The van der Waals surface area contributed by atoms with Gasteiger partial charge in [-0.25, -0.2) is 4.52 Å². The fourth-order valence-electron chi connectivity index (χ4n) is 4.16. The van der Waals surface area contributed by atoms with Gasteiger partial charge in [-0.1, -0.05) is 12.1 Å². The molecule has 1 amide bonds. The van der Waals surface area contributed by atoms with Crippen LogP contribution in [0.3, 0.4) is 0 Å². The van der Waals surface area contributed by atoms with Gasteiger partial charge in [-0.3, -0.25) is 4.79 Å². The Kier molecular flexibility index (Phi) is 4.60. The Morgan fingerprint density at radius 3 is 2.97 bits per heavy atom. The molecule has 2 N–H and O–H groups in total. The molecule has 0 unspecified atom stereocenters. The number of ether oxygens (including phenoxy) is 1. The van der Waals surface area contributed by atoms with Crippen molar-refractivity contribution >= 4 is 17.1 Å². The standard InChI is InChI=1S/C22H25N5O2/c1-15-3-2-4-20-19(13-24-27(15)20)22(28)25-17-11-16-5-6-18(12-21(16)29-14-17)26-9-7-23-8-10-26/h2-6,12-13,17,23H,7-11,14H2,1H3,(H,25,28)/t17-/m1/s1. The van der Waals surface area contributed by atoms with Crippen LogP contribution < -0.4 is 20.3 Å². The molecule has 0 aliphatic carbocycles. The third-order valence-corrected chi connectivity index (χ3v) is 5.75. The minimum atomic E-state index is -0.111. The fourth-order valence-corrected chi connectivity index (χ4v) is 4.16. The number of hydrogen-bond acceptors (Lipinski definition) is 5. The number of benzene rings is 1. The van der Waals surface area contributed by atoms with Crippen molar-refractivity contribution in [1.29, 1.82) is 0 Å². The Labute approximate surface area is 169 Å². The zero-order chi connectivity index (χ0) is 19.8. The molecule has 2 aliphatic heterocycles. The summed E-state index contributed by atoms with van der Waals surface area (Å²) >= 11 is 0. The van der Waals surface area contributed by atoms with Crippen LogP contribution in [0.4, 0.5) is 5.69 Å². The summed E-state index contributed by atoms with van der Waals surface area (Å²) in [4.78, 5) is 15.2. The predicted octanol–water partition coefficient (Wildman–Crippen LogP) is 1.79. The van der Waals surface area contributed by atoms with Crippen LogP contribution in [-0.4, -0.2) is 54.3 Å². The lowest BCUT2D eigenvalue weighted by atomic mass is 10.0. The summed E-state index contributed by atoms with van der Waals surface area (Å²) in [6.45, 7) is 6.49. The van der Waals surface area contributed by atoms with Crippen molar-refractivity contribution in [2.24, 2.45) is 0 Å². The van der Waals surface area contributed by atoms with Crippen LogP contribution >= 0.6 is 0 Å². The molecule has 29 heavy (non-hydrogen) atoms. The van der Waals surface area contributed by atoms with E-state index in [1.54, 1.807) is 10.7 Å². The SMILES string of the molecule is Cc1cccc2c(C(=O)N[C@H]3COc4cc(N5CCNCC5)ccc4C3)cnn12. The van der Waals surface area contributed by atoms with Gasteiger partial charge < -0.3 is 20.3 Å². The Morgan fingerprint density at radius 2 is 2.10 bits per heavy atom. The van der Waals surface area contributed by atoms with Gasteiger partial charge in [0.1, 0.15) is 12.4 Å². The summed E-state index contributed by atoms with van der Waals surface area (Å²) in [5.74, 6) is 0.818. The van der Waals surface area contributed by atoms with E-state index in [0.29, 0.717) is 12.2 Å². The molecule has 0 radical (unpaired) electrons. The zero-order valence-corrected chi connectivity index (χ0v) is 16.5. The van der Waals surface area contributed by atoms with Crippen molar-refractivity contribution in [3.8, 4) is 5.75 Å². The number of anilines is 1. The summed E-state index contributed by atoms with van der Waals surface area (Å²) in [6.07, 6.45) is 2.40. The molecule has 7 nitrogen and oxygen atoms in total. The van der Waals surface area contributed by atoms with Gasteiger partial charge in [-0.05, 0) is 37.1 Å². The number of aromatic nitrogens is 2. The Hall–Kier alpha value is -3.06. The van der Waals surface area contributed by atoms with Crippen LogP contribution in [0.1, 0.15) is 21.6 Å². The number of rotatable bonds is 3. The lowest BCUT2D eigenvalue weighted by molar-refractivity contribution is 0.0917. The molecule has 2 aromatic heterocycles. The third-order valence-electron chi connectivity index (χ3n) is 5.75. The lowest BCUT2D eigenvalue weighted by Gasteiger charge is -2.31. The summed E-state index contributed by atoms with van der Waals surface area (Å²) in [5, 5.41) is 10.8. The number of nitrogens with one attached hydrogen (secondary N) is 2. The van der Waals surface area contributed by atoms with Crippen molar-refractivity contribution in [1.82, 2.24) is 20.2 Å². The Bertz CT molecular complexity index is 1050. The second-order valence-electron chi connectivity index (χ2n) is 7.74. The van der Waals surface area contributed by atoms with Crippen LogP contribution in [0.5, 0.6) is 5.75 Å². The van der Waals surface area contributed by atoms with Gasteiger partial charge in [-0.15, -0.1) is 0 Å². The summed E-state index contributed by atoms with van der Waals surface area (Å²) in [5.41, 5.74) is 4.75. The predicted molar refractivity (Wildman–Crippen MR) is 112 cm³/mol. The number of pyridine rings is 1. The maximum atomic E-state index is 12.8. The minimum absolute atomic E-state index is 0.0557. The van der Waals surface area contributed by atoms with Crippen molar-refractivity contribution in [3.05, 3.63) is 59.4 Å². The molecule has 1 saturated heterocycles. The van der Waals surface area contributed by atoms with Crippen molar-refractivity contribution < 1.29 is 9.53 Å².